The fourth-order valence-electron chi connectivity index (χ4n) is 6.31. The van der Waals surface area contributed by atoms with E-state index in [2.05, 4.69) is 10.1 Å². The molecule has 0 saturated carbocycles. The standard InChI is InChI=1S/C43H43F2N3O7S2/c1-8-42(6,7)41(49)54-25-43(44,45)57(52,53)48-56(50,51)37-18-10-9-17-34(37)38-32-21-19-30(46-39-26(2)13-11-14-27(39)3)23-35(32)55-36-24-31(20-22-33(36)38)47-40-28(4)15-12-16-29(40)5/h9-24,46,48H,8,25H2,1-7H3. The highest BCUT2D eigenvalue weighted by atomic mass is 32.3. The van der Waals surface area contributed by atoms with Crippen LogP contribution in [0.25, 0.3) is 33.4 Å². The van der Waals surface area contributed by atoms with Crippen molar-refractivity contribution in [2.75, 3.05) is 11.9 Å². The SMILES string of the molecule is CCC(C)(C)C(=O)OCC(F)(F)S(=O)(=O)NS(=O)(=O)c1ccccc1-c1c2ccc(=Nc3c(C)cccc3C)cc-2oc2cc(Nc3c(C)cccc3C)ccc12. The van der Waals surface area contributed by atoms with E-state index < -0.39 is 48.2 Å². The lowest BCUT2D eigenvalue weighted by molar-refractivity contribution is -0.159. The molecule has 10 nitrogen and oxygen atoms in total. The minimum absolute atomic E-state index is 0.0142. The third-order valence-electron chi connectivity index (χ3n) is 10.0. The van der Waals surface area contributed by atoms with Crippen molar-refractivity contribution in [3.8, 4) is 22.5 Å². The summed E-state index contributed by atoms with van der Waals surface area (Å²) in [5, 5.41) is -0.343. The van der Waals surface area contributed by atoms with Crippen molar-refractivity contribution >= 4 is 54.0 Å². The Morgan fingerprint density at radius 3 is 2.07 bits per heavy atom. The molecule has 4 aromatic carbocycles. The molecule has 14 heteroatoms. The number of aryl methyl sites for hydroxylation is 4. The fourth-order valence-corrected chi connectivity index (χ4v) is 9.24. The lowest BCUT2D eigenvalue weighted by Crippen LogP contribution is -2.46. The Balaban J connectivity index is 1.51. The van der Waals surface area contributed by atoms with Crippen LogP contribution >= 0.6 is 0 Å². The smallest absolute Gasteiger partial charge is 0.393 e. The Bertz CT molecular complexity index is 2760. The molecule has 0 aromatic heterocycles. The van der Waals surface area contributed by atoms with Crippen molar-refractivity contribution < 1.29 is 39.6 Å². The normalized spacial score (nSPS) is 13.0. The van der Waals surface area contributed by atoms with E-state index >= 15 is 8.78 Å². The number of rotatable bonds is 12. The highest BCUT2D eigenvalue weighted by Gasteiger charge is 2.50. The summed E-state index contributed by atoms with van der Waals surface area (Å²) in [5.74, 6) is -0.732. The number of carbonyl (C=O) groups excluding carboxylic acids is 1. The second kappa shape index (κ2) is 15.5. The summed E-state index contributed by atoms with van der Waals surface area (Å²) in [4.78, 5) is 16.7. The Kier molecular flexibility index (Phi) is 11.2. The number of esters is 1. The first-order chi connectivity index (χ1) is 26.7. The van der Waals surface area contributed by atoms with E-state index in [1.807, 2.05) is 64.1 Å². The summed E-state index contributed by atoms with van der Waals surface area (Å²) in [6, 6.07) is 27.7. The van der Waals surface area contributed by atoms with Gasteiger partial charge in [0.25, 0.3) is 20.0 Å². The zero-order valence-corrected chi connectivity index (χ0v) is 34.2. The molecule has 0 spiro atoms. The van der Waals surface area contributed by atoms with Gasteiger partial charge < -0.3 is 14.5 Å². The molecule has 1 aliphatic carbocycles. The van der Waals surface area contributed by atoms with Gasteiger partial charge in [-0.3, -0.25) is 4.79 Å². The molecule has 6 rings (SSSR count). The van der Waals surface area contributed by atoms with Gasteiger partial charge in [-0.25, -0.2) is 21.8 Å². The van der Waals surface area contributed by atoms with E-state index in [1.54, 1.807) is 49.4 Å². The fraction of sp³-hybridized carbons (Fsp3) is 0.256. The molecule has 0 radical (unpaired) electrons. The zero-order valence-electron chi connectivity index (χ0n) is 32.5. The van der Waals surface area contributed by atoms with Crippen molar-refractivity contribution in [1.29, 1.82) is 0 Å². The Labute approximate surface area is 331 Å². The predicted molar refractivity (Wildman–Crippen MR) is 218 cm³/mol. The lowest BCUT2D eigenvalue weighted by atomic mass is 9.91. The van der Waals surface area contributed by atoms with Crippen LogP contribution in [0.5, 0.6) is 0 Å². The van der Waals surface area contributed by atoms with E-state index in [0.717, 1.165) is 39.7 Å². The number of halogens is 2. The largest absolute Gasteiger partial charge is 0.458 e. The summed E-state index contributed by atoms with van der Waals surface area (Å²) < 4.78 is 96.8. The van der Waals surface area contributed by atoms with E-state index in [1.165, 1.54) is 30.1 Å². The van der Waals surface area contributed by atoms with Crippen molar-refractivity contribution in [1.82, 2.24) is 4.13 Å². The Morgan fingerprint density at radius 2 is 1.42 bits per heavy atom. The third kappa shape index (κ3) is 8.34. The average molecular weight is 816 g/mol. The van der Waals surface area contributed by atoms with Crippen LogP contribution in [-0.2, 0) is 29.6 Å². The summed E-state index contributed by atoms with van der Waals surface area (Å²) in [6.45, 7) is 10.5. The van der Waals surface area contributed by atoms with E-state index in [4.69, 9.17) is 9.41 Å². The molecular weight excluding hydrogens is 773 g/mol. The number of nitrogens with zero attached hydrogens (tertiary/aromatic N) is 1. The first-order valence-corrected chi connectivity index (χ1v) is 21.1. The number of fused-ring (bicyclic) bond motifs is 2. The summed E-state index contributed by atoms with van der Waals surface area (Å²) >= 11 is 0. The van der Waals surface area contributed by atoms with Crippen molar-refractivity contribution in [3.63, 3.8) is 0 Å². The lowest BCUT2D eigenvalue weighted by Gasteiger charge is -2.23. The number of hydrogen-bond donors (Lipinski definition) is 2. The molecule has 298 valence electrons. The topological polar surface area (TPSA) is 144 Å². The van der Waals surface area contributed by atoms with Gasteiger partial charge in [-0.15, -0.1) is 0 Å². The number of alkyl halides is 2. The average Bonchev–Trinajstić information content (AvgIpc) is 3.15. The van der Waals surface area contributed by atoms with Gasteiger partial charge in [-0.05, 0) is 101 Å². The molecule has 0 unspecified atom stereocenters. The molecule has 0 fully saturated rings. The van der Waals surface area contributed by atoms with Gasteiger partial charge >= 0.3 is 11.2 Å². The van der Waals surface area contributed by atoms with Gasteiger partial charge in [0.2, 0.25) is 0 Å². The summed E-state index contributed by atoms with van der Waals surface area (Å²) in [7, 11) is -11.2. The molecule has 0 atom stereocenters. The monoisotopic (exact) mass is 815 g/mol. The maximum Gasteiger partial charge on any atom is 0.393 e. The first kappa shape index (κ1) is 41.2. The molecule has 0 amide bonds. The van der Waals surface area contributed by atoms with Crippen LogP contribution in [0.4, 0.5) is 25.8 Å². The second-order valence-corrected chi connectivity index (χ2v) is 18.4. The first-order valence-electron chi connectivity index (χ1n) is 18.1. The van der Waals surface area contributed by atoms with Gasteiger partial charge in [-0.2, -0.15) is 8.78 Å². The van der Waals surface area contributed by atoms with Crippen LogP contribution in [-0.4, -0.2) is 34.7 Å². The molecule has 4 aromatic rings. The number of carbonyl (C=O) groups is 1. The van der Waals surface area contributed by atoms with Crippen LogP contribution in [0.1, 0.15) is 49.4 Å². The van der Waals surface area contributed by atoms with Gasteiger partial charge in [0.15, 0.2) is 6.61 Å². The highest BCUT2D eigenvalue weighted by molar-refractivity contribution is 8.05. The summed E-state index contributed by atoms with van der Waals surface area (Å²) in [5.41, 5.74) is 6.27. The molecular formula is C43H43F2N3O7S2. The van der Waals surface area contributed by atoms with Crippen molar-refractivity contribution in [2.24, 2.45) is 10.4 Å². The number of para-hydroxylation sites is 2. The van der Waals surface area contributed by atoms with Crippen LogP contribution in [0.15, 0.2) is 111 Å². The van der Waals surface area contributed by atoms with E-state index in [9.17, 15) is 21.6 Å². The van der Waals surface area contributed by atoms with Gasteiger partial charge in [0.05, 0.1) is 21.4 Å². The minimum atomic E-state index is -5.97. The number of ether oxygens (including phenoxy) is 1. The highest BCUT2D eigenvalue weighted by Crippen LogP contribution is 2.43. The number of benzene rings is 5. The third-order valence-corrected chi connectivity index (χ3v) is 13.6. The van der Waals surface area contributed by atoms with Gasteiger partial charge in [-0.1, -0.05) is 65.6 Å². The number of sulfonamides is 2. The van der Waals surface area contributed by atoms with Gasteiger partial charge in [0, 0.05) is 45.6 Å². The number of hydrogen-bond acceptors (Lipinski definition) is 9. The maximum absolute atomic E-state index is 15.2. The molecule has 0 bridgehead atoms. The van der Waals surface area contributed by atoms with Crippen LogP contribution < -0.4 is 14.8 Å². The Hall–Kier alpha value is -5.44. The van der Waals surface area contributed by atoms with Crippen LogP contribution in [0.3, 0.4) is 0 Å². The number of nitrogens with one attached hydrogen (secondary N) is 2. The van der Waals surface area contributed by atoms with Crippen molar-refractivity contribution in [3.05, 3.63) is 125 Å². The molecule has 1 aliphatic heterocycles. The quantitative estimate of drug-likeness (QED) is 0.0919. The maximum atomic E-state index is 15.2. The van der Waals surface area contributed by atoms with Gasteiger partial charge in [0.1, 0.15) is 11.3 Å². The number of anilines is 2. The minimum Gasteiger partial charge on any atom is -0.458 e. The van der Waals surface area contributed by atoms with E-state index in [-0.39, 0.29) is 12.0 Å². The van der Waals surface area contributed by atoms with E-state index in [0.29, 0.717) is 38.9 Å². The molecule has 57 heavy (non-hydrogen) atoms. The predicted octanol–water partition coefficient (Wildman–Crippen LogP) is 9.59. The molecule has 2 aliphatic rings. The zero-order chi connectivity index (χ0) is 41.5. The summed E-state index contributed by atoms with van der Waals surface area (Å²) in [6.07, 6.45) is 0.232. The molecule has 0 saturated heterocycles. The Morgan fingerprint density at radius 1 is 0.789 bits per heavy atom. The molecule has 1 heterocycles. The molecule has 2 N–H and O–H groups in total. The second-order valence-electron chi connectivity index (χ2n) is 14.6. The van der Waals surface area contributed by atoms with Crippen LogP contribution in [0, 0.1) is 33.1 Å². The van der Waals surface area contributed by atoms with Crippen molar-refractivity contribution in [2.45, 2.75) is 65.0 Å². The van der Waals surface area contributed by atoms with Crippen LogP contribution in [0.2, 0.25) is 0 Å².